The molecule has 1 saturated carbocycles. The maximum Gasteiger partial charge on any atom is 0.224 e. The van der Waals surface area contributed by atoms with Crippen LogP contribution in [0.2, 0.25) is 0 Å². The molecule has 108 valence electrons. The summed E-state index contributed by atoms with van der Waals surface area (Å²) in [5.41, 5.74) is 2.89. The average molecular weight is 383 g/mol. The van der Waals surface area contributed by atoms with Crippen molar-refractivity contribution < 1.29 is 4.79 Å². The van der Waals surface area contributed by atoms with E-state index in [2.05, 4.69) is 66.0 Å². The van der Waals surface area contributed by atoms with Crippen molar-refractivity contribution in [2.75, 3.05) is 4.43 Å². The molecule has 3 heteroatoms. The minimum absolute atomic E-state index is 0.225. The largest absolute Gasteiger partial charge is 0.352 e. The lowest BCUT2D eigenvalue weighted by atomic mass is 9.92. The van der Waals surface area contributed by atoms with Crippen LogP contribution in [-0.2, 0) is 11.2 Å². The van der Waals surface area contributed by atoms with Crippen LogP contribution in [0, 0.1) is 17.8 Å². The van der Waals surface area contributed by atoms with Gasteiger partial charge >= 0.3 is 0 Å². The van der Waals surface area contributed by atoms with Crippen LogP contribution < -0.4 is 5.32 Å². The molecule has 1 fully saturated rings. The van der Waals surface area contributed by atoms with Crippen LogP contribution in [0.15, 0.2) is 24.3 Å². The van der Waals surface area contributed by atoms with Gasteiger partial charge < -0.3 is 5.32 Å². The summed E-state index contributed by atoms with van der Waals surface area (Å²) in [5.74, 6) is 2.09. The van der Waals surface area contributed by atoms with Gasteiger partial charge in [0.1, 0.15) is 0 Å². The Morgan fingerprint density at radius 1 is 1.40 bits per heavy atom. The lowest BCUT2D eigenvalue weighted by molar-refractivity contribution is -0.123. The normalized spacial score (nSPS) is 28.5. The molecular weight excluding hydrogens is 361 g/mol. The van der Waals surface area contributed by atoms with Gasteiger partial charge in [-0.3, -0.25) is 4.79 Å². The van der Waals surface area contributed by atoms with Gasteiger partial charge in [0.25, 0.3) is 0 Å². The maximum absolute atomic E-state index is 12.5. The van der Waals surface area contributed by atoms with Crippen LogP contribution in [0.4, 0.5) is 0 Å². The Hall–Kier alpha value is -0.580. The number of halogens is 1. The zero-order valence-electron chi connectivity index (χ0n) is 12.1. The SMILES string of the molecule is CC(C)C(CI)NC(=O)C1C2CCc3ccccc3C21. The number of alkyl halides is 1. The molecule has 0 radical (unpaired) electrons. The summed E-state index contributed by atoms with van der Waals surface area (Å²) in [6.07, 6.45) is 2.32. The molecule has 4 unspecified atom stereocenters. The van der Waals surface area contributed by atoms with E-state index in [-0.39, 0.29) is 11.8 Å². The number of aryl methyl sites for hydroxylation is 1. The summed E-state index contributed by atoms with van der Waals surface area (Å²) in [6.45, 7) is 4.36. The predicted molar refractivity (Wildman–Crippen MR) is 90.1 cm³/mol. The van der Waals surface area contributed by atoms with Gasteiger partial charge in [-0.1, -0.05) is 60.7 Å². The number of fused-ring (bicyclic) bond motifs is 3. The number of hydrogen-bond acceptors (Lipinski definition) is 1. The summed E-state index contributed by atoms with van der Waals surface area (Å²) in [7, 11) is 0. The van der Waals surface area contributed by atoms with Crippen LogP contribution in [0.25, 0.3) is 0 Å². The molecule has 0 aliphatic heterocycles. The van der Waals surface area contributed by atoms with Crippen molar-refractivity contribution >= 4 is 28.5 Å². The van der Waals surface area contributed by atoms with Crippen molar-refractivity contribution in [3.8, 4) is 0 Å². The van der Waals surface area contributed by atoms with E-state index in [1.54, 1.807) is 0 Å². The fraction of sp³-hybridized carbons (Fsp3) is 0.588. The Bertz CT molecular complexity index is 513. The molecule has 0 heterocycles. The van der Waals surface area contributed by atoms with Crippen LogP contribution in [-0.4, -0.2) is 16.4 Å². The monoisotopic (exact) mass is 383 g/mol. The standard InChI is InChI=1S/C17H22INO/c1-10(2)14(9-18)19-17(20)16-13-8-7-11-5-3-4-6-12(11)15(13)16/h3-6,10,13-16H,7-9H2,1-2H3,(H,19,20). The first-order valence-electron chi connectivity index (χ1n) is 7.57. The Labute approximate surface area is 134 Å². The third-order valence-corrected chi connectivity index (χ3v) is 5.88. The molecule has 4 atom stereocenters. The summed E-state index contributed by atoms with van der Waals surface area (Å²) < 4.78 is 0.986. The molecule has 1 aromatic carbocycles. The van der Waals surface area contributed by atoms with E-state index in [0.29, 0.717) is 23.8 Å². The maximum atomic E-state index is 12.5. The first-order chi connectivity index (χ1) is 9.63. The number of benzene rings is 1. The van der Waals surface area contributed by atoms with E-state index in [1.165, 1.54) is 17.5 Å². The average Bonchev–Trinajstić information content (AvgIpc) is 3.19. The first-order valence-corrected chi connectivity index (χ1v) is 9.10. The van der Waals surface area contributed by atoms with Crippen LogP contribution in [0.1, 0.15) is 37.3 Å². The minimum Gasteiger partial charge on any atom is -0.352 e. The molecule has 2 nitrogen and oxygen atoms in total. The second-order valence-corrected chi connectivity index (χ2v) is 7.35. The topological polar surface area (TPSA) is 29.1 Å². The highest BCUT2D eigenvalue weighted by molar-refractivity contribution is 14.1. The highest BCUT2D eigenvalue weighted by Crippen LogP contribution is 2.59. The third kappa shape index (κ3) is 2.49. The summed E-state index contributed by atoms with van der Waals surface area (Å²) in [4.78, 5) is 12.5. The number of amides is 1. The number of carbonyl (C=O) groups excluding carboxylic acids is 1. The number of nitrogens with one attached hydrogen (secondary N) is 1. The van der Waals surface area contributed by atoms with Crippen molar-refractivity contribution in [3.63, 3.8) is 0 Å². The van der Waals surface area contributed by atoms with Gasteiger partial charge in [-0.05, 0) is 41.7 Å². The van der Waals surface area contributed by atoms with Crippen molar-refractivity contribution in [2.24, 2.45) is 17.8 Å². The van der Waals surface area contributed by atoms with Crippen LogP contribution in [0.5, 0.6) is 0 Å². The number of rotatable bonds is 4. The summed E-state index contributed by atoms with van der Waals surface area (Å²) in [5, 5.41) is 3.27. The van der Waals surface area contributed by atoms with E-state index in [0.717, 1.165) is 10.8 Å². The van der Waals surface area contributed by atoms with Crippen molar-refractivity contribution in [2.45, 2.75) is 38.6 Å². The second-order valence-electron chi connectivity index (χ2n) is 6.47. The van der Waals surface area contributed by atoms with Gasteiger partial charge in [-0.25, -0.2) is 0 Å². The Morgan fingerprint density at radius 2 is 2.15 bits per heavy atom. The second kappa shape index (κ2) is 5.66. The van der Waals surface area contributed by atoms with Crippen LogP contribution >= 0.6 is 22.6 Å². The predicted octanol–water partition coefficient (Wildman–Crippen LogP) is 3.54. The van der Waals surface area contributed by atoms with E-state index < -0.39 is 0 Å². The lowest BCUT2D eigenvalue weighted by Crippen LogP contribution is -2.41. The third-order valence-electron chi connectivity index (χ3n) is 4.93. The van der Waals surface area contributed by atoms with Crippen molar-refractivity contribution in [1.82, 2.24) is 5.32 Å². The van der Waals surface area contributed by atoms with Crippen molar-refractivity contribution in [1.29, 1.82) is 0 Å². The molecule has 1 aromatic rings. The molecular formula is C17H22INO. The minimum atomic E-state index is 0.225. The Balaban J connectivity index is 1.71. The molecule has 0 spiro atoms. The highest BCUT2D eigenvalue weighted by atomic mass is 127. The van der Waals surface area contributed by atoms with Gasteiger partial charge in [0.15, 0.2) is 0 Å². The van der Waals surface area contributed by atoms with E-state index >= 15 is 0 Å². The summed E-state index contributed by atoms with van der Waals surface area (Å²) >= 11 is 2.37. The molecule has 1 amide bonds. The molecule has 3 rings (SSSR count). The Kier molecular flexibility index (Phi) is 4.07. The molecule has 2 aliphatic rings. The van der Waals surface area contributed by atoms with E-state index in [4.69, 9.17) is 0 Å². The number of carbonyl (C=O) groups is 1. The zero-order chi connectivity index (χ0) is 14.3. The fourth-order valence-corrected chi connectivity index (χ4v) is 4.82. The Morgan fingerprint density at radius 3 is 2.85 bits per heavy atom. The summed E-state index contributed by atoms with van der Waals surface area (Å²) in [6, 6.07) is 8.97. The van der Waals surface area contributed by atoms with Gasteiger partial charge in [0.2, 0.25) is 5.91 Å². The van der Waals surface area contributed by atoms with Crippen molar-refractivity contribution in [3.05, 3.63) is 35.4 Å². The zero-order valence-corrected chi connectivity index (χ0v) is 14.3. The first kappa shape index (κ1) is 14.4. The molecule has 0 bridgehead atoms. The van der Waals surface area contributed by atoms with Crippen LogP contribution in [0.3, 0.4) is 0 Å². The van der Waals surface area contributed by atoms with Gasteiger partial charge in [0, 0.05) is 16.4 Å². The quantitative estimate of drug-likeness (QED) is 0.626. The number of hydrogen-bond donors (Lipinski definition) is 1. The smallest absolute Gasteiger partial charge is 0.224 e. The molecule has 0 saturated heterocycles. The molecule has 1 N–H and O–H groups in total. The van der Waals surface area contributed by atoms with E-state index in [1.807, 2.05) is 0 Å². The fourth-order valence-electron chi connectivity index (χ4n) is 3.59. The molecule has 0 aromatic heterocycles. The highest BCUT2D eigenvalue weighted by Gasteiger charge is 2.57. The molecule has 2 aliphatic carbocycles. The molecule has 20 heavy (non-hydrogen) atoms. The van der Waals surface area contributed by atoms with Gasteiger partial charge in [0.05, 0.1) is 0 Å². The van der Waals surface area contributed by atoms with Gasteiger partial charge in [-0.2, -0.15) is 0 Å². The van der Waals surface area contributed by atoms with E-state index in [9.17, 15) is 4.79 Å². The lowest BCUT2D eigenvalue weighted by Gasteiger charge is -2.20. The van der Waals surface area contributed by atoms with Gasteiger partial charge in [-0.15, -0.1) is 0 Å².